The van der Waals surface area contributed by atoms with Gasteiger partial charge >= 0.3 is 0 Å². The van der Waals surface area contributed by atoms with Crippen LogP contribution in [0.1, 0.15) is 10.4 Å². The van der Waals surface area contributed by atoms with E-state index >= 15 is 0 Å². The number of thioether (sulfide) groups is 1. The molecular formula is C12H9NO2S2. The summed E-state index contributed by atoms with van der Waals surface area (Å²) < 4.78 is 0. The lowest BCUT2D eigenvalue weighted by atomic mass is 10.2. The summed E-state index contributed by atoms with van der Waals surface area (Å²) in [7, 11) is 0. The smallest absolute Gasteiger partial charge is 0.268 e. The van der Waals surface area contributed by atoms with E-state index in [2.05, 4.69) is 5.92 Å². The molecule has 0 aromatic carbocycles. The number of imide groups is 1. The van der Waals surface area contributed by atoms with E-state index in [1.54, 1.807) is 17.4 Å². The lowest BCUT2D eigenvalue weighted by molar-refractivity contribution is -0.122. The number of carbonyl (C=O) groups is 2. The normalized spacial score (nSPS) is 17.9. The Hall–Kier alpha value is -1.51. The van der Waals surface area contributed by atoms with Gasteiger partial charge in [-0.1, -0.05) is 5.92 Å². The number of hydrogen-bond acceptors (Lipinski definition) is 4. The Morgan fingerprint density at radius 2 is 2.29 bits per heavy atom. The summed E-state index contributed by atoms with van der Waals surface area (Å²) in [6.07, 6.45) is 6.87. The van der Waals surface area contributed by atoms with Crippen LogP contribution in [0.4, 0.5) is 4.79 Å². The molecule has 0 spiro atoms. The van der Waals surface area contributed by atoms with Crippen molar-refractivity contribution in [2.24, 2.45) is 0 Å². The zero-order chi connectivity index (χ0) is 12.4. The fraction of sp³-hybridized carbons (Fsp3) is 0.167. The number of terminal acetylenes is 1. The van der Waals surface area contributed by atoms with Crippen molar-refractivity contribution >= 4 is 40.3 Å². The predicted octanol–water partition coefficient (Wildman–Crippen LogP) is 2.73. The summed E-state index contributed by atoms with van der Waals surface area (Å²) >= 11 is 2.48. The van der Waals surface area contributed by atoms with Crippen LogP contribution in [0.15, 0.2) is 16.4 Å². The van der Waals surface area contributed by atoms with Gasteiger partial charge in [-0.3, -0.25) is 14.5 Å². The zero-order valence-corrected chi connectivity index (χ0v) is 10.7. The maximum atomic E-state index is 11.9. The first-order valence-corrected chi connectivity index (χ1v) is 6.56. The van der Waals surface area contributed by atoms with Crippen LogP contribution in [0.5, 0.6) is 0 Å². The largest absolute Gasteiger partial charge is 0.294 e. The van der Waals surface area contributed by atoms with Crippen LogP contribution in [0.3, 0.4) is 0 Å². The minimum Gasteiger partial charge on any atom is -0.268 e. The van der Waals surface area contributed by atoms with Crippen molar-refractivity contribution in [2.75, 3.05) is 6.54 Å². The van der Waals surface area contributed by atoms with Gasteiger partial charge in [0.2, 0.25) is 0 Å². The third-order valence-corrected chi connectivity index (χ3v) is 4.16. The predicted molar refractivity (Wildman–Crippen MR) is 70.6 cm³/mol. The van der Waals surface area contributed by atoms with Crippen LogP contribution in [0, 0.1) is 19.3 Å². The quantitative estimate of drug-likeness (QED) is 0.608. The standard InChI is InChI=1S/C12H9NO2S2/c1-3-5-13-11(14)10(17-12(13)15)7-9-8(2)4-6-16-9/h1,4,6-7H,5H2,2H3. The molecule has 1 aromatic rings. The molecule has 1 aromatic heterocycles. The molecule has 1 fully saturated rings. The number of thiophene rings is 1. The Balaban J connectivity index is 2.29. The molecule has 17 heavy (non-hydrogen) atoms. The molecule has 0 radical (unpaired) electrons. The van der Waals surface area contributed by atoms with Gasteiger partial charge in [-0.05, 0) is 41.8 Å². The van der Waals surface area contributed by atoms with Crippen LogP contribution < -0.4 is 0 Å². The minimum atomic E-state index is -0.300. The van der Waals surface area contributed by atoms with Crippen molar-refractivity contribution in [1.82, 2.24) is 4.90 Å². The van der Waals surface area contributed by atoms with E-state index in [0.29, 0.717) is 4.91 Å². The van der Waals surface area contributed by atoms with Gasteiger partial charge in [0.15, 0.2) is 0 Å². The molecule has 1 saturated heterocycles. The Labute approximate surface area is 108 Å². The number of rotatable bonds is 2. The van der Waals surface area contributed by atoms with Gasteiger partial charge in [-0.2, -0.15) is 0 Å². The molecule has 2 heterocycles. The molecule has 5 heteroatoms. The summed E-state index contributed by atoms with van der Waals surface area (Å²) in [6, 6.07) is 1.97. The lowest BCUT2D eigenvalue weighted by Gasteiger charge is -2.06. The molecule has 0 atom stereocenters. The molecule has 86 valence electrons. The lowest BCUT2D eigenvalue weighted by Crippen LogP contribution is -2.28. The van der Waals surface area contributed by atoms with Gasteiger partial charge in [0.1, 0.15) is 0 Å². The average Bonchev–Trinajstić information content (AvgIpc) is 2.79. The van der Waals surface area contributed by atoms with E-state index in [0.717, 1.165) is 27.1 Å². The highest BCUT2D eigenvalue weighted by Gasteiger charge is 2.34. The first-order valence-electron chi connectivity index (χ1n) is 4.86. The highest BCUT2D eigenvalue weighted by atomic mass is 32.2. The van der Waals surface area contributed by atoms with Crippen molar-refractivity contribution in [1.29, 1.82) is 0 Å². The molecule has 0 saturated carbocycles. The number of amides is 2. The Morgan fingerprint density at radius 1 is 1.53 bits per heavy atom. The number of aryl methyl sites for hydroxylation is 1. The van der Waals surface area contributed by atoms with Crippen LogP contribution >= 0.6 is 23.1 Å². The monoisotopic (exact) mass is 263 g/mol. The molecule has 0 unspecified atom stereocenters. The molecule has 1 aliphatic rings. The third kappa shape index (κ3) is 2.28. The summed E-state index contributed by atoms with van der Waals surface area (Å²) in [5.74, 6) is 2.01. The van der Waals surface area contributed by atoms with E-state index in [9.17, 15) is 9.59 Å². The summed E-state index contributed by atoms with van der Waals surface area (Å²) in [6.45, 7) is 2.00. The number of hydrogen-bond donors (Lipinski definition) is 0. The van der Waals surface area contributed by atoms with Crippen molar-refractivity contribution in [3.8, 4) is 12.3 Å². The Bertz CT molecular complexity index is 551. The molecule has 0 N–H and O–H groups in total. The van der Waals surface area contributed by atoms with Crippen LogP contribution in [-0.2, 0) is 4.79 Å². The van der Waals surface area contributed by atoms with Crippen molar-refractivity contribution in [3.05, 3.63) is 26.8 Å². The van der Waals surface area contributed by atoms with Crippen molar-refractivity contribution in [3.63, 3.8) is 0 Å². The molecule has 2 rings (SSSR count). The molecule has 0 bridgehead atoms. The van der Waals surface area contributed by atoms with E-state index in [-0.39, 0.29) is 17.7 Å². The topological polar surface area (TPSA) is 37.4 Å². The van der Waals surface area contributed by atoms with E-state index in [1.807, 2.05) is 18.4 Å². The van der Waals surface area contributed by atoms with Gasteiger partial charge in [0, 0.05) is 4.88 Å². The molecular weight excluding hydrogens is 254 g/mol. The fourth-order valence-corrected chi connectivity index (χ4v) is 3.13. The summed E-state index contributed by atoms with van der Waals surface area (Å²) in [5, 5.41) is 1.65. The van der Waals surface area contributed by atoms with E-state index in [1.165, 1.54) is 0 Å². The van der Waals surface area contributed by atoms with Crippen molar-refractivity contribution in [2.45, 2.75) is 6.92 Å². The summed E-state index contributed by atoms with van der Waals surface area (Å²) in [5.41, 5.74) is 1.10. The molecule has 2 amide bonds. The van der Waals surface area contributed by atoms with E-state index in [4.69, 9.17) is 6.42 Å². The van der Waals surface area contributed by atoms with Crippen LogP contribution in [-0.4, -0.2) is 22.6 Å². The van der Waals surface area contributed by atoms with Gasteiger partial charge < -0.3 is 0 Å². The maximum absolute atomic E-state index is 11.9. The highest BCUT2D eigenvalue weighted by molar-refractivity contribution is 8.18. The second-order valence-corrected chi connectivity index (χ2v) is 5.38. The van der Waals surface area contributed by atoms with Gasteiger partial charge in [0.25, 0.3) is 11.1 Å². The fourth-order valence-electron chi connectivity index (χ4n) is 1.38. The molecule has 1 aliphatic heterocycles. The van der Waals surface area contributed by atoms with Gasteiger partial charge in [0.05, 0.1) is 11.4 Å². The minimum absolute atomic E-state index is 0.0332. The van der Waals surface area contributed by atoms with Gasteiger partial charge in [-0.25, -0.2) is 0 Å². The average molecular weight is 263 g/mol. The van der Waals surface area contributed by atoms with Gasteiger partial charge in [-0.15, -0.1) is 17.8 Å². The van der Waals surface area contributed by atoms with E-state index < -0.39 is 0 Å². The molecule has 3 nitrogen and oxygen atoms in total. The van der Waals surface area contributed by atoms with Crippen molar-refractivity contribution < 1.29 is 9.59 Å². The van der Waals surface area contributed by atoms with Crippen LogP contribution in [0.2, 0.25) is 0 Å². The number of carbonyl (C=O) groups excluding carboxylic acids is 2. The first-order chi connectivity index (χ1) is 8.13. The first kappa shape index (κ1) is 12.0. The third-order valence-electron chi connectivity index (χ3n) is 2.29. The maximum Gasteiger partial charge on any atom is 0.294 e. The highest BCUT2D eigenvalue weighted by Crippen LogP contribution is 2.33. The SMILES string of the molecule is C#CCN1C(=O)SC(=Cc2sccc2C)C1=O. The number of nitrogens with zero attached hydrogens (tertiary/aromatic N) is 1. The second-order valence-electron chi connectivity index (χ2n) is 3.44. The Kier molecular flexibility index (Phi) is 3.36. The molecule has 0 aliphatic carbocycles. The Morgan fingerprint density at radius 3 is 2.88 bits per heavy atom. The second kappa shape index (κ2) is 4.78. The summed E-state index contributed by atoms with van der Waals surface area (Å²) in [4.78, 5) is 25.9. The van der Waals surface area contributed by atoms with Crippen LogP contribution in [0.25, 0.3) is 6.08 Å². The zero-order valence-electron chi connectivity index (χ0n) is 9.10.